The van der Waals surface area contributed by atoms with Crippen molar-refractivity contribution in [2.45, 2.75) is 48.5 Å². The minimum atomic E-state index is -3.29. The summed E-state index contributed by atoms with van der Waals surface area (Å²) >= 11 is 1.79. The van der Waals surface area contributed by atoms with E-state index in [9.17, 15) is 13.2 Å². The Kier molecular flexibility index (Phi) is 7.15. The first-order chi connectivity index (χ1) is 17.2. The van der Waals surface area contributed by atoms with Crippen LogP contribution >= 0.6 is 11.8 Å². The average molecular weight is 531 g/mol. The summed E-state index contributed by atoms with van der Waals surface area (Å²) in [6.45, 7) is 2.54. The van der Waals surface area contributed by atoms with E-state index < -0.39 is 10.0 Å². The number of fused-ring (bicyclic) bond motifs is 1. The summed E-state index contributed by atoms with van der Waals surface area (Å²) in [5.41, 5.74) is 1.98. The van der Waals surface area contributed by atoms with Crippen molar-refractivity contribution < 1.29 is 13.2 Å². The van der Waals surface area contributed by atoms with Gasteiger partial charge in [0.2, 0.25) is 21.9 Å². The number of amides is 1. The van der Waals surface area contributed by atoms with Crippen LogP contribution in [0.2, 0.25) is 0 Å². The average Bonchev–Trinajstić information content (AvgIpc) is 3.35. The zero-order chi connectivity index (χ0) is 25.3. The van der Waals surface area contributed by atoms with Crippen molar-refractivity contribution in [1.82, 2.24) is 19.6 Å². The van der Waals surface area contributed by atoms with Crippen LogP contribution in [0.15, 0.2) is 35.2 Å². The maximum atomic E-state index is 11.9. The number of nitrogens with zero attached hydrogens (tertiary/aromatic N) is 4. The topological polar surface area (TPSA) is 108 Å². The Morgan fingerprint density at radius 1 is 1.14 bits per heavy atom. The van der Waals surface area contributed by atoms with Crippen LogP contribution in [-0.2, 0) is 26.7 Å². The van der Waals surface area contributed by atoms with E-state index in [0.29, 0.717) is 19.5 Å². The molecule has 1 aromatic heterocycles. The number of likely N-dealkylation sites (N-methyl/N-ethyl adjacent to an activating group) is 1. The Hall–Kier alpha value is -2.37. The smallest absolute Gasteiger partial charge is 0.227 e. The lowest BCUT2D eigenvalue weighted by atomic mass is 9.73. The van der Waals surface area contributed by atoms with E-state index in [4.69, 9.17) is 9.97 Å². The monoisotopic (exact) mass is 530 g/mol. The third-order valence-corrected chi connectivity index (χ3v) is 9.33. The van der Waals surface area contributed by atoms with E-state index in [1.807, 2.05) is 25.2 Å². The number of hydrogen-bond donors (Lipinski definition) is 2. The highest BCUT2D eigenvalue weighted by Gasteiger charge is 2.38. The summed E-state index contributed by atoms with van der Waals surface area (Å²) in [4.78, 5) is 27.0. The summed E-state index contributed by atoms with van der Waals surface area (Å²) in [6, 6.07) is 10.4. The molecule has 0 spiro atoms. The first kappa shape index (κ1) is 25.3. The molecule has 1 amide bonds. The summed E-state index contributed by atoms with van der Waals surface area (Å²) in [5.74, 6) is 2.80. The summed E-state index contributed by atoms with van der Waals surface area (Å²) in [7, 11) is -1.44. The van der Waals surface area contributed by atoms with Crippen LogP contribution in [0.5, 0.6) is 0 Å². The van der Waals surface area contributed by atoms with Crippen molar-refractivity contribution >= 4 is 39.5 Å². The highest BCUT2D eigenvalue weighted by Crippen LogP contribution is 2.40. The number of rotatable bonds is 7. The number of nitrogens with one attached hydrogen (secondary N) is 2. The van der Waals surface area contributed by atoms with Gasteiger partial charge in [0.1, 0.15) is 5.82 Å². The van der Waals surface area contributed by atoms with E-state index in [0.717, 1.165) is 72.4 Å². The second kappa shape index (κ2) is 10.2. The highest BCUT2D eigenvalue weighted by atomic mass is 32.2. The van der Waals surface area contributed by atoms with Gasteiger partial charge in [-0.25, -0.2) is 18.1 Å². The lowest BCUT2D eigenvalue weighted by molar-refractivity contribution is -0.132. The molecule has 1 atom stereocenters. The molecule has 9 nitrogen and oxygen atoms in total. The molecule has 3 aliphatic heterocycles. The molecular formula is C25H34N6O3S2. The fourth-order valence-electron chi connectivity index (χ4n) is 5.38. The molecular weight excluding hydrogens is 496 g/mol. The largest absolute Gasteiger partial charge is 0.364 e. The van der Waals surface area contributed by atoms with Gasteiger partial charge in [0.25, 0.3) is 0 Å². The molecule has 5 rings (SSSR count). The van der Waals surface area contributed by atoms with Gasteiger partial charge in [-0.3, -0.25) is 4.79 Å². The lowest BCUT2D eigenvalue weighted by Crippen LogP contribution is -2.49. The van der Waals surface area contributed by atoms with Gasteiger partial charge in [-0.1, -0.05) is 30.3 Å². The van der Waals surface area contributed by atoms with Crippen molar-refractivity contribution in [3.05, 3.63) is 41.6 Å². The van der Waals surface area contributed by atoms with E-state index >= 15 is 0 Å². The molecule has 11 heteroatoms. The van der Waals surface area contributed by atoms with Crippen LogP contribution in [0.4, 0.5) is 11.8 Å². The van der Waals surface area contributed by atoms with Gasteiger partial charge in [-0.2, -0.15) is 4.98 Å². The number of carbonyl (C=O) groups excluding carboxylic acids is 1. The number of piperidine rings is 2. The standard InChI is InChI=1S/C25H34N6O3S2/c1-30-16-19(8-9-21(30)32)27-23-22-20(10-15-35-22)28-24(29-23)31-13-11-25(12-14-31,17-26-36(2,33)34)18-6-4-3-5-7-18/h3-7,19,26H,8-17H2,1-2H3,(H,27,28,29)/t19-/m0/s1. The predicted molar refractivity (Wildman–Crippen MR) is 143 cm³/mol. The zero-order valence-electron chi connectivity index (χ0n) is 20.9. The molecule has 36 heavy (non-hydrogen) atoms. The van der Waals surface area contributed by atoms with Crippen LogP contribution in [0.25, 0.3) is 0 Å². The van der Waals surface area contributed by atoms with Crippen molar-refractivity contribution in [3.8, 4) is 0 Å². The van der Waals surface area contributed by atoms with Crippen LogP contribution in [0, 0.1) is 0 Å². The number of likely N-dealkylation sites (tertiary alicyclic amines) is 1. The zero-order valence-corrected chi connectivity index (χ0v) is 22.5. The van der Waals surface area contributed by atoms with E-state index in [1.54, 1.807) is 16.7 Å². The van der Waals surface area contributed by atoms with Crippen molar-refractivity contribution in [2.24, 2.45) is 0 Å². The number of sulfonamides is 1. The fraction of sp³-hybridized carbons (Fsp3) is 0.560. The Bertz CT molecular complexity index is 1220. The lowest BCUT2D eigenvalue weighted by Gasteiger charge is -2.42. The third-order valence-electron chi connectivity index (χ3n) is 7.54. The Labute approximate surface area is 217 Å². The molecule has 2 saturated heterocycles. The fourth-order valence-corrected chi connectivity index (χ4v) is 6.97. The Balaban J connectivity index is 1.35. The molecule has 4 heterocycles. The first-order valence-corrected chi connectivity index (χ1v) is 15.4. The third kappa shape index (κ3) is 5.47. The summed E-state index contributed by atoms with van der Waals surface area (Å²) in [6.07, 6.45) is 5.09. The van der Waals surface area contributed by atoms with Crippen molar-refractivity contribution in [2.75, 3.05) is 55.5 Å². The molecule has 1 aromatic carbocycles. The van der Waals surface area contributed by atoms with Crippen LogP contribution < -0.4 is 14.9 Å². The molecule has 2 fully saturated rings. The van der Waals surface area contributed by atoms with Gasteiger partial charge in [0.05, 0.1) is 16.8 Å². The molecule has 3 aliphatic rings. The van der Waals surface area contributed by atoms with Crippen LogP contribution in [0.3, 0.4) is 0 Å². The van der Waals surface area contributed by atoms with E-state index in [-0.39, 0.29) is 17.4 Å². The second-order valence-electron chi connectivity index (χ2n) is 10.1. The van der Waals surface area contributed by atoms with E-state index in [2.05, 4.69) is 27.1 Å². The van der Waals surface area contributed by atoms with Gasteiger partial charge < -0.3 is 15.1 Å². The number of benzene rings is 1. The normalized spacial score (nSPS) is 21.9. The van der Waals surface area contributed by atoms with Gasteiger partial charge >= 0.3 is 0 Å². The van der Waals surface area contributed by atoms with Gasteiger partial charge in [0, 0.05) is 63.3 Å². The predicted octanol–water partition coefficient (Wildman–Crippen LogP) is 2.24. The summed E-state index contributed by atoms with van der Waals surface area (Å²) < 4.78 is 26.6. The molecule has 2 aromatic rings. The molecule has 0 unspecified atom stereocenters. The summed E-state index contributed by atoms with van der Waals surface area (Å²) in [5, 5.41) is 3.62. The Morgan fingerprint density at radius 3 is 2.58 bits per heavy atom. The maximum absolute atomic E-state index is 11.9. The number of aromatic nitrogens is 2. The van der Waals surface area contributed by atoms with Crippen LogP contribution in [-0.4, -0.2) is 80.5 Å². The first-order valence-electron chi connectivity index (χ1n) is 12.5. The number of thioether (sulfide) groups is 1. The molecule has 194 valence electrons. The van der Waals surface area contributed by atoms with E-state index in [1.165, 1.54) is 6.26 Å². The highest BCUT2D eigenvalue weighted by molar-refractivity contribution is 7.99. The second-order valence-corrected chi connectivity index (χ2v) is 13.1. The molecule has 2 N–H and O–H groups in total. The van der Waals surface area contributed by atoms with Crippen LogP contribution in [0.1, 0.15) is 36.9 Å². The number of aryl methyl sites for hydroxylation is 1. The molecule has 0 bridgehead atoms. The van der Waals surface area contributed by atoms with Crippen molar-refractivity contribution in [1.29, 1.82) is 0 Å². The minimum Gasteiger partial charge on any atom is -0.364 e. The Morgan fingerprint density at radius 2 is 1.89 bits per heavy atom. The van der Waals surface area contributed by atoms with Crippen molar-refractivity contribution in [3.63, 3.8) is 0 Å². The SMILES string of the molecule is CN1C[C@@H](Nc2nc(N3CCC(CNS(C)(=O)=O)(c4ccccc4)CC3)nc3c2SCC3)CCC1=O. The number of carbonyl (C=O) groups is 1. The molecule has 0 radical (unpaired) electrons. The minimum absolute atomic E-state index is 0.176. The number of hydrogen-bond acceptors (Lipinski definition) is 8. The molecule has 0 aliphatic carbocycles. The molecule has 0 saturated carbocycles. The van der Waals surface area contributed by atoms with Gasteiger partial charge in [-0.05, 0) is 24.8 Å². The van der Waals surface area contributed by atoms with Gasteiger partial charge in [0.15, 0.2) is 0 Å². The van der Waals surface area contributed by atoms with Gasteiger partial charge in [-0.15, -0.1) is 11.8 Å². The quantitative estimate of drug-likeness (QED) is 0.561. The number of anilines is 2. The maximum Gasteiger partial charge on any atom is 0.227 e.